The Hall–Kier alpha value is -0.570. The molecule has 0 N–H and O–H groups in total. The van der Waals surface area contributed by atoms with Gasteiger partial charge in [-0.05, 0) is 37.8 Å². The maximum atomic E-state index is 13.0. The van der Waals surface area contributed by atoms with Crippen LogP contribution in [0.3, 0.4) is 0 Å². The molecule has 2 aliphatic rings. The fourth-order valence-electron chi connectivity index (χ4n) is 2.84. The summed E-state index contributed by atoms with van der Waals surface area (Å²) in [5, 5.41) is 0.906. The number of rotatable bonds is 5. The van der Waals surface area contributed by atoms with E-state index in [4.69, 9.17) is 0 Å². The zero-order chi connectivity index (χ0) is 14.9. The Balaban J connectivity index is 1.94. The van der Waals surface area contributed by atoms with Gasteiger partial charge in [0, 0.05) is 17.9 Å². The minimum Gasteiger partial charge on any atom is -0.207 e. The molecular weight excluding hydrogens is 374 g/mol. The van der Waals surface area contributed by atoms with Gasteiger partial charge >= 0.3 is 0 Å². The molecule has 1 aromatic rings. The van der Waals surface area contributed by atoms with Gasteiger partial charge in [-0.25, -0.2) is 8.42 Å². The average molecular weight is 390 g/mol. The minimum atomic E-state index is -3.49. The van der Waals surface area contributed by atoms with Gasteiger partial charge < -0.3 is 0 Å². The predicted molar refractivity (Wildman–Crippen MR) is 87.9 cm³/mol. The Kier molecular flexibility index (Phi) is 4.58. The van der Waals surface area contributed by atoms with Crippen LogP contribution in [-0.2, 0) is 21.4 Å². The molecule has 3 rings (SSSR count). The third kappa shape index (κ3) is 2.86. The number of benzene rings is 1. The molecule has 0 radical (unpaired) electrons. The molecule has 0 aliphatic carbocycles. The first-order valence-electron chi connectivity index (χ1n) is 6.93. The molecule has 8 heteroatoms. The molecule has 114 valence electrons. The smallest absolute Gasteiger partial charge is 0.207 e. The SMILES string of the molecule is O=S(=O)(c1cccc2c1N=S=N2)N1CCCC1CCCBr. The van der Waals surface area contributed by atoms with E-state index < -0.39 is 10.0 Å². The summed E-state index contributed by atoms with van der Waals surface area (Å²) < 4.78 is 35.9. The topological polar surface area (TPSA) is 62.1 Å². The average Bonchev–Trinajstić information content (AvgIpc) is 3.13. The van der Waals surface area contributed by atoms with E-state index >= 15 is 0 Å². The highest BCUT2D eigenvalue weighted by atomic mass is 79.9. The molecule has 1 saturated heterocycles. The van der Waals surface area contributed by atoms with Crippen LogP contribution < -0.4 is 0 Å². The van der Waals surface area contributed by atoms with Gasteiger partial charge in [0.1, 0.15) is 16.3 Å². The monoisotopic (exact) mass is 389 g/mol. The molecule has 2 aliphatic heterocycles. The zero-order valence-corrected chi connectivity index (χ0v) is 14.6. The van der Waals surface area contributed by atoms with Crippen molar-refractivity contribution in [3.63, 3.8) is 0 Å². The van der Waals surface area contributed by atoms with Crippen LogP contribution in [0.5, 0.6) is 0 Å². The molecule has 0 bridgehead atoms. The Morgan fingerprint density at radius 2 is 2.24 bits per heavy atom. The highest BCUT2D eigenvalue weighted by molar-refractivity contribution is 9.09. The number of sulfonamides is 1. The molecule has 1 aromatic carbocycles. The standard InChI is InChI=1S/C13H16BrN3O2S2/c14-8-2-4-10-5-3-9-17(10)21(18,19)12-7-1-6-11-13(12)16-20-15-11/h1,6-7,10H,2-5,8-9H2. The van der Waals surface area contributed by atoms with Crippen LogP contribution in [0.4, 0.5) is 11.4 Å². The van der Waals surface area contributed by atoms with E-state index in [1.165, 1.54) is 0 Å². The van der Waals surface area contributed by atoms with Gasteiger partial charge in [0.25, 0.3) is 0 Å². The maximum absolute atomic E-state index is 13.0. The maximum Gasteiger partial charge on any atom is 0.245 e. The van der Waals surface area contributed by atoms with Crippen molar-refractivity contribution in [3.05, 3.63) is 18.2 Å². The van der Waals surface area contributed by atoms with Crippen molar-refractivity contribution < 1.29 is 8.42 Å². The Bertz CT molecular complexity index is 714. The van der Waals surface area contributed by atoms with E-state index in [2.05, 4.69) is 24.7 Å². The van der Waals surface area contributed by atoms with Crippen molar-refractivity contribution in [1.82, 2.24) is 4.31 Å². The molecule has 0 saturated carbocycles. The van der Waals surface area contributed by atoms with Crippen molar-refractivity contribution in [1.29, 1.82) is 0 Å². The summed E-state index contributed by atoms with van der Waals surface area (Å²) in [4.78, 5) is 0.291. The normalized spacial score (nSPS) is 21.5. The summed E-state index contributed by atoms with van der Waals surface area (Å²) in [6.45, 7) is 0.600. The second-order valence-electron chi connectivity index (χ2n) is 5.13. The summed E-state index contributed by atoms with van der Waals surface area (Å²) in [6, 6.07) is 5.28. The Morgan fingerprint density at radius 3 is 3.05 bits per heavy atom. The minimum absolute atomic E-state index is 0.106. The molecule has 1 unspecified atom stereocenters. The number of nitrogens with zero attached hydrogens (tertiary/aromatic N) is 3. The lowest BCUT2D eigenvalue weighted by molar-refractivity contribution is 0.369. The van der Waals surface area contributed by atoms with Crippen LogP contribution in [0.1, 0.15) is 25.7 Å². The molecule has 2 heterocycles. The highest BCUT2D eigenvalue weighted by Gasteiger charge is 2.36. The fraction of sp³-hybridized carbons (Fsp3) is 0.538. The van der Waals surface area contributed by atoms with Gasteiger partial charge in [-0.1, -0.05) is 22.0 Å². The van der Waals surface area contributed by atoms with Gasteiger partial charge in [0.15, 0.2) is 0 Å². The molecule has 1 fully saturated rings. The van der Waals surface area contributed by atoms with Crippen molar-refractivity contribution >= 4 is 48.7 Å². The molecule has 0 spiro atoms. The second kappa shape index (κ2) is 6.28. The van der Waals surface area contributed by atoms with Gasteiger partial charge in [0.2, 0.25) is 10.0 Å². The molecular formula is C13H16BrN3O2S2. The van der Waals surface area contributed by atoms with Crippen LogP contribution >= 0.6 is 15.9 Å². The van der Waals surface area contributed by atoms with Crippen molar-refractivity contribution in [2.75, 3.05) is 11.9 Å². The predicted octanol–water partition coefficient (Wildman–Crippen LogP) is 3.74. The van der Waals surface area contributed by atoms with Crippen LogP contribution in [0.2, 0.25) is 0 Å². The molecule has 21 heavy (non-hydrogen) atoms. The number of hydrogen-bond donors (Lipinski definition) is 0. The van der Waals surface area contributed by atoms with Gasteiger partial charge in [-0.2, -0.15) is 13.0 Å². The summed E-state index contributed by atoms with van der Waals surface area (Å²) in [6.07, 6.45) is 3.75. The number of alkyl halides is 1. The Morgan fingerprint density at radius 1 is 1.38 bits per heavy atom. The third-order valence-corrected chi connectivity index (χ3v) is 6.92. The second-order valence-corrected chi connectivity index (χ2v) is 8.31. The summed E-state index contributed by atoms with van der Waals surface area (Å²) in [7, 11) is -3.49. The van der Waals surface area contributed by atoms with E-state index in [0.29, 0.717) is 22.8 Å². The zero-order valence-electron chi connectivity index (χ0n) is 11.4. The first kappa shape index (κ1) is 15.3. The summed E-state index contributed by atoms with van der Waals surface area (Å²) in [5.41, 5.74) is 1.14. The van der Waals surface area contributed by atoms with Crippen LogP contribution in [0, 0.1) is 0 Å². The van der Waals surface area contributed by atoms with E-state index in [9.17, 15) is 8.42 Å². The number of fused-ring (bicyclic) bond motifs is 1. The van der Waals surface area contributed by atoms with Crippen LogP contribution in [0.15, 0.2) is 31.8 Å². The van der Waals surface area contributed by atoms with E-state index in [0.717, 1.165) is 42.4 Å². The first-order chi connectivity index (χ1) is 10.1. The summed E-state index contributed by atoms with van der Waals surface area (Å²) >= 11 is 4.47. The van der Waals surface area contributed by atoms with Crippen LogP contribution in [-0.4, -0.2) is 30.6 Å². The third-order valence-electron chi connectivity index (χ3n) is 3.83. The van der Waals surface area contributed by atoms with Crippen molar-refractivity contribution in [2.45, 2.75) is 36.6 Å². The van der Waals surface area contributed by atoms with Crippen molar-refractivity contribution in [3.8, 4) is 0 Å². The molecule has 1 atom stereocenters. The largest absolute Gasteiger partial charge is 0.245 e. The number of halogens is 1. The quantitative estimate of drug-likeness (QED) is 0.731. The van der Waals surface area contributed by atoms with E-state index in [-0.39, 0.29) is 6.04 Å². The molecule has 5 nitrogen and oxygen atoms in total. The van der Waals surface area contributed by atoms with Gasteiger partial charge in [-0.15, -0.1) is 0 Å². The lowest BCUT2D eigenvalue weighted by Gasteiger charge is -2.24. The van der Waals surface area contributed by atoms with Crippen LogP contribution in [0.25, 0.3) is 0 Å². The van der Waals surface area contributed by atoms with Crippen molar-refractivity contribution in [2.24, 2.45) is 8.73 Å². The lowest BCUT2D eigenvalue weighted by Crippen LogP contribution is -2.35. The number of hydrogen-bond acceptors (Lipinski definition) is 4. The molecule has 0 aromatic heterocycles. The van der Waals surface area contributed by atoms with E-state index in [1.807, 2.05) is 0 Å². The summed E-state index contributed by atoms with van der Waals surface area (Å²) in [5.74, 6) is 0. The lowest BCUT2D eigenvalue weighted by atomic mass is 10.1. The van der Waals surface area contributed by atoms with Gasteiger partial charge in [0.05, 0.1) is 11.4 Å². The van der Waals surface area contributed by atoms with Gasteiger partial charge in [-0.3, -0.25) is 0 Å². The highest BCUT2D eigenvalue weighted by Crippen LogP contribution is 2.40. The fourth-order valence-corrected chi connectivity index (χ4v) is 5.64. The Labute approximate surface area is 136 Å². The molecule has 0 amide bonds. The first-order valence-corrected chi connectivity index (χ1v) is 10.2. The van der Waals surface area contributed by atoms with E-state index in [1.54, 1.807) is 22.5 Å².